The lowest BCUT2D eigenvalue weighted by Gasteiger charge is -2.42. The summed E-state index contributed by atoms with van der Waals surface area (Å²) in [6, 6.07) is 11.7. The van der Waals surface area contributed by atoms with Crippen molar-refractivity contribution in [2.24, 2.45) is 0 Å². The second-order valence-electron chi connectivity index (χ2n) is 7.65. The summed E-state index contributed by atoms with van der Waals surface area (Å²) in [5.74, 6) is -2.19. The number of β-amino-alcohol motifs (C(OH)–C–C–N with tert-alkyl or cyclic N) is 1. The summed E-state index contributed by atoms with van der Waals surface area (Å²) in [5, 5.41) is 11.0. The third kappa shape index (κ3) is 5.64. The molecule has 1 fully saturated rings. The minimum atomic E-state index is -4.50. The van der Waals surface area contributed by atoms with Gasteiger partial charge in [-0.2, -0.15) is 13.2 Å². The molecule has 0 aliphatic carbocycles. The third-order valence-corrected chi connectivity index (χ3v) is 5.40. The molecule has 2 aromatic carbocycles. The predicted molar refractivity (Wildman–Crippen MR) is 108 cm³/mol. The molecule has 5 nitrogen and oxygen atoms in total. The number of hydrogen-bond donors (Lipinski definition) is 1. The number of nitrogens with zero attached hydrogens (tertiary/aromatic N) is 1. The van der Waals surface area contributed by atoms with Crippen LogP contribution >= 0.6 is 0 Å². The lowest BCUT2D eigenvalue weighted by Crippen LogP contribution is -2.53. The van der Waals surface area contributed by atoms with Gasteiger partial charge in [0.2, 0.25) is 5.79 Å². The van der Waals surface area contributed by atoms with E-state index >= 15 is 0 Å². The van der Waals surface area contributed by atoms with Crippen molar-refractivity contribution in [2.45, 2.75) is 38.3 Å². The van der Waals surface area contributed by atoms with Crippen molar-refractivity contribution in [1.29, 1.82) is 0 Å². The monoisotopic (exact) mass is 437 g/mol. The Bertz CT molecular complexity index is 900. The second-order valence-corrected chi connectivity index (χ2v) is 7.65. The number of esters is 1. The van der Waals surface area contributed by atoms with E-state index in [0.717, 1.165) is 17.7 Å². The number of ether oxygens (including phenoxy) is 2. The number of carbonyl (C=O) groups is 1. The van der Waals surface area contributed by atoms with Crippen molar-refractivity contribution in [1.82, 2.24) is 4.90 Å². The molecule has 0 saturated carbocycles. The van der Waals surface area contributed by atoms with Crippen molar-refractivity contribution in [3.63, 3.8) is 0 Å². The first kappa shape index (κ1) is 23.2. The summed E-state index contributed by atoms with van der Waals surface area (Å²) in [6.45, 7) is 4.83. The summed E-state index contributed by atoms with van der Waals surface area (Å²) < 4.78 is 49.7. The smallest absolute Gasteiger partial charge is 0.416 e. The van der Waals surface area contributed by atoms with Gasteiger partial charge in [-0.25, -0.2) is 4.79 Å². The number of benzene rings is 2. The molecular formula is C23H26F3NO4. The Morgan fingerprint density at radius 1 is 1.26 bits per heavy atom. The molecule has 0 spiro atoms. The quantitative estimate of drug-likeness (QED) is 0.693. The Kier molecular flexibility index (Phi) is 7.03. The van der Waals surface area contributed by atoms with Gasteiger partial charge in [0, 0.05) is 18.2 Å². The minimum absolute atomic E-state index is 0.00494. The highest BCUT2D eigenvalue weighted by Crippen LogP contribution is 2.34. The molecule has 0 bridgehead atoms. The fraction of sp³-hybridized carbons (Fsp3) is 0.435. The van der Waals surface area contributed by atoms with E-state index in [2.05, 4.69) is 0 Å². The van der Waals surface area contributed by atoms with E-state index in [1.807, 2.05) is 24.0 Å². The van der Waals surface area contributed by atoms with Crippen LogP contribution in [-0.2, 0) is 27.9 Å². The fourth-order valence-electron chi connectivity index (χ4n) is 3.68. The van der Waals surface area contributed by atoms with Gasteiger partial charge in [0.1, 0.15) is 0 Å². The number of aliphatic hydroxyl groups is 1. The molecule has 1 aliphatic rings. The molecule has 1 N–H and O–H groups in total. The van der Waals surface area contributed by atoms with Crippen molar-refractivity contribution in [3.8, 4) is 0 Å². The van der Waals surface area contributed by atoms with E-state index < -0.39 is 17.5 Å². The molecule has 8 heteroatoms. The minimum Gasteiger partial charge on any atom is -0.462 e. The molecule has 3 rings (SSSR count). The topological polar surface area (TPSA) is 59.0 Å². The molecule has 2 aromatic rings. The molecular weight excluding hydrogens is 411 g/mol. The summed E-state index contributed by atoms with van der Waals surface area (Å²) in [4.78, 5) is 13.8. The summed E-state index contributed by atoms with van der Waals surface area (Å²) in [6.07, 6.45) is -3.86. The lowest BCUT2D eigenvalue weighted by molar-refractivity contribution is -0.252. The largest absolute Gasteiger partial charge is 0.462 e. The molecule has 2 unspecified atom stereocenters. The Hall–Kier alpha value is -2.42. The number of hydrogen-bond acceptors (Lipinski definition) is 5. The standard InChI is InChI=1S/C23H26F3NO4/c1-3-30-21(28)18-9-7-17(8-10-18)13-16(2)27-11-12-31-22(29,15-27)19-5-4-6-20(14-19)23(24,25)26/h4-10,14,16,29H,3,11-13,15H2,1-2H3. The zero-order chi connectivity index (χ0) is 22.6. The van der Waals surface area contributed by atoms with Crippen LogP contribution in [0.15, 0.2) is 48.5 Å². The zero-order valence-corrected chi connectivity index (χ0v) is 17.5. The van der Waals surface area contributed by atoms with E-state index in [4.69, 9.17) is 9.47 Å². The number of carbonyl (C=O) groups excluding carboxylic acids is 1. The van der Waals surface area contributed by atoms with Gasteiger partial charge in [-0.3, -0.25) is 4.90 Å². The molecule has 168 valence electrons. The van der Waals surface area contributed by atoms with Crippen LogP contribution in [0.4, 0.5) is 13.2 Å². The van der Waals surface area contributed by atoms with Crippen molar-refractivity contribution in [2.75, 3.05) is 26.3 Å². The second kappa shape index (κ2) is 9.38. The average Bonchev–Trinajstić information content (AvgIpc) is 2.74. The van der Waals surface area contributed by atoms with Crippen LogP contribution in [0.2, 0.25) is 0 Å². The Balaban J connectivity index is 1.69. The van der Waals surface area contributed by atoms with Crippen LogP contribution in [0.25, 0.3) is 0 Å². The van der Waals surface area contributed by atoms with Crippen LogP contribution in [0.5, 0.6) is 0 Å². The highest BCUT2D eigenvalue weighted by atomic mass is 19.4. The van der Waals surface area contributed by atoms with Gasteiger partial charge < -0.3 is 14.6 Å². The Morgan fingerprint density at radius 3 is 2.61 bits per heavy atom. The summed E-state index contributed by atoms with van der Waals surface area (Å²) in [7, 11) is 0. The first-order valence-corrected chi connectivity index (χ1v) is 10.2. The van der Waals surface area contributed by atoms with E-state index in [1.54, 1.807) is 19.1 Å². The average molecular weight is 437 g/mol. The zero-order valence-electron chi connectivity index (χ0n) is 17.5. The number of morpholine rings is 1. The van der Waals surface area contributed by atoms with E-state index in [9.17, 15) is 23.1 Å². The maximum Gasteiger partial charge on any atom is 0.416 e. The predicted octanol–water partition coefficient (Wildman–Crippen LogP) is 3.99. The normalized spacial score (nSPS) is 21.0. The lowest BCUT2D eigenvalue weighted by atomic mass is 9.98. The van der Waals surface area contributed by atoms with E-state index in [-0.39, 0.29) is 30.7 Å². The molecule has 1 heterocycles. The maximum atomic E-state index is 13.1. The number of halogens is 3. The van der Waals surface area contributed by atoms with E-state index in [0.29, 0.717) is 25.1 Å². The van der Waals surface area contributed by atoms with Gasteiger partial charge in [0.05, 0.1) is 30.9 Å². The molecule has 0 amide bonds. The summed E-state index contributed by atoms with van der Waals surface area (Å²) in [5.41, 5.74) is 0.727. The van der Waals surface area contributed by atoms with Crippen LogP contribution in [0, 0.1) is 0 Å². The van der Waals surface area contributed by atoms with Crippen molar-refractivity contribution < 1.29 is 32.5 Å². The Labute approximate surface area is 179 Å². The molecule has 1 saturated heterocycles. The molecule has 0 radical (unpaired) electrons. The molecule has 31 heavy (non-hydrogen) atoms. The summed E-state index contributed by atoms with van der Waals surface area (Å²) >= 11 is 0. The SMILES string of the molecule is CCOC(=O)c1ccc(CC(C)N2CCOC(O)(c3cccc(C(F)(F)F)c3)C2)cc1. The highest BCUT2D eigenvalue weighted by Gasteiger charge is 2.39. The van der Waals surface area contributed by atoms with Crippen molar-refractivity contribution >= 4 is 5.97 Å². The maximum absolute atomic E-state index is 13.1. The van der Waals surface area contributed by atoms with Gasteiger partial charge in [0.25, 0.3) is 0 Å². The van der Waals surface area contributed by atoms with Crippen LogP contribution in [0.3, 0.4) is 0 Å². The highest BCUT2D eigenvalue weighted by molar-refractivity contribution is 5.89. The third-order valence-electron chi connectivity index (χ3n) is 5.40. The molecule has 2 atom stereocenters. The van der Waals surface area contributed by atoms with Crippen molar-refractivity contribution in [3.05, 3.63) is 70.8 Å². The van der Waals surface area contributed by atoms with Gasteiger partial charge >= 0.3 is 12.1 Å². The first-order chi connectivity index (χ1) is 14.6. The van der Waals surface area contributed by atoms with E-state index in [1.165, 1.54) is 12.1 Å². The molecule has 1 aliphatic heterocycles. The van der Waals surface area contributed by atoms with Crippen LogP contribution < -0.4 is 0 Å². The van der Waals surface area contributed by atoms with Gasteiger partial charge in [-0.15, -0.1) is 0 Å². The van der Waals surface area contributed by atoms with Gasteiger partial charge in [-0.1, -0.05) is 24.3 Å². The number of alkyl halides is 3. The number of rotatable bonds is 6. The Morgan fingerprint density at radius 2 is 1.97 bits per heavy atom. The van der Waals surface area contributed by atoms with Crippen LogP contribution in [-0.4, -0.2) is 48.3 Å². The van der Waals surface area contributed by atoms with Crippen LogP contribution in [0.1, 0.15) is 40.9 Å². The molecule has 0 aromatic heterocycles. The van der Waals surface area contributed by atoms with Gasteiger partial charge in [-0.05, 0) is 50.1 Å². The first-order valence-electron chi connectivity index (χ1n) is 10.2. The van der Waals surface area contributed by atoms with Gasteiger partial charge in [0.15, 0.2) is 0 Å². The fourth-order valence-corrected chi connectivity index (χ4v) is 3.68.